The molecule has 4 nitrogen and oxygen atoms in total. The summed E-state index contributed by atoms with van der Waals surface area (Å²) in [6, 6.07) is 1.61. The molecule has 1 aromatic rings. The van der Waals surface area contributed by atoms with E-state index < -0.39 is 23.8 Å². The first kappa shape index (κ1) is 12.5. The van der Waals surface area contributed by atoms with Crippen molar-refractivity contribution in [2.75, 3.05) is 11.1 Å². The highest BCUT2D eigenvalue weighted by atomic mass is 19.4. The van der Waals surface area contributed by atoms with Crippen molar-refractivity contribution in [2.24, 2.45) is 0 Å². The molecule has 7 heteroatoms. The summed E-state index contributed by atoms with van der Waals surface area (Å²) in [7, 11) is 0. The van der Waals surface area contributed by atoms with Gasteiger partial charge in [-0.15, -0.1) is 0 Å². The average Bonchev–Trinajstić information content (AvgIpc) is 2.26. The molecule has 0 saturated heterocycles. The zero-order valence-corrected chi connectivity index (χ0v) is 9.47. The topological polar surface area (TPSA) is 64.3 Å². The van der Waals surface area contributed by atoms with Crippen LogP contribution in [0.5, 0.6) is 5.75 Å². The summed E-state index contributed by atoms with van der Waals surface area (Å²) in [5.41, 5.74) is 4.42. The second-order valence-electron chi connectivity index (χ2n) is 3.94. The van der Waals surface area contributed by atoms with Gasteiger partial charge in [0.25, 0.3) is 5.91 Å². The molecule has 1 atom stereocenters. The fourth-order valence-electron chi connectivity index (χ4n) is 1.72. The van der Waals surface area contributed by atoms with E-state index in [1.807, 2.05) is 0 Å². The number of benzene rings is 1. The molecule has 1 aliphatic rings. The van der Waals surface area contributed by atoms with Crippen LogP contribution in [-0.2, 0) is 11.0 Å². The van der Waals surface area contributed by atoms with Gasteiger partial charge in [-0.25, -0.2) is 0 Å². The van der Waals surface area contributed by atoms with Crippen LogP contribution in [0.25, 0.3) is 0 Å². The highest BCUT2D eigenvalue weighted by molar-refractivity contribution is 5.99. The highest BCUT2D eigenvalue weighted by Crippen LogP contribution is 2.41. The van der Waals surface area contributed by atoms with Crippen molar-refractivity contribution in [3.05, 3.63) is 17.7 Å². The Morgan fingerprint density at radius 2 is 2.11 bits per heavy atom. The molecule has 0 bridgehead atoms. The number of carbonyl (C=O) groups is 1. The Bertz CT molecular complexity index is 500. The van der Waals surface area contributed by atoms with Gasteiger partial charge in [-0.3, -0.25) is 4.79 Å². The SMILES string of the molecule is CCC1Oc2c(N)cc(C(F)(F)F)cc2NC1=O. The lowest BCUT2D eigenvalue weighted by Crippen LogP contribution is -2.36. The maximum absolute atomic E-state index is 12.6. The molecule has 1 heterocycles. The molecule has 3 N–H and O–H groups in total. The molecule has 18 heavy (non-hydrogen) atoms. The van der Waals surface area contributed by atoms with Gasteiger partial charge in [-0.1, -0.05) is 6.92 Å². The lowest BCUT2D eigenvalue weighted by molar-refractivity contribution is -0.137. The number of carbonyl (C=O) groups excluding carboxylic acids is 1. The number of hydrogen-bond donors (Lipinski definition) is 2. The summed E-state index contributed by atoms with van der Waals surface area (Å²) < 4.78 is 43.0. The summed E-state index contributed by atoms with van der Waals surface area (Å²) in [4.78, 5) is 11.5. The Balaban J connectivity index is 2.47. The van der Waals surface area contributed by atoms with E-state index in [1.165, 1.54) is 0 Å². The van der Waals surface area contributed by atoms with Crippen LogP contribution >= 0.6 is 0 Å². The first-order valence-corrected chi connectivity index (χ1v) is 5.31. The second-order valence-corrected chi connectivity index (χ2v) is 3.94. The van der Waals surface area contributed by atoms with Crippen molar-refractivity contribution in [1.82, 2.24) is 0 Å². The summed E-state index contributed by atoms with van der Waals surface area (Å²) >= 11 is 0. The first-order valence-electron chi connectivity index (χ1n) is 5.31. The molecule has 1 unspecified atom stereocenters. The monoisotopic (exact) mass is 260 g/mol. The quantitative estimate of drug-likeness (QED) is 0.762. The maximum atomic E-state index is 12.6. The van der Waals surface area contributed by atoms with Crippen molar-refractivity contribution in [3.63, 3.8) is 0 Å². The minimum Gasteiger partial charge on any atom is -0.476 e. The number of hydrogen-bond acceptors (Lipinski definition) is 3. The number of rotatable bonds is 1. The van der Waals surface area contributed by atoms with E-state index in [0.717, 1.165) is 12.1 Å². The number of nitrogens with two attached hydrogens (primary N) is 1. The maximum Gasteiger partial charge on any atom is 0.416 e. The van der Waals surface area contributed by atoms with E-state index in [1.54, 1.807) is 6.92 Å². The van der Waals surface area contributed by atoms with Crippen LogP contribution in [0, 0.1) is 0 Å². The highest BCUT2D eigenvalue weighted by Gasteiger charge is 2.35. The number of amides is 1. The Hall–Kier alpha value is -1.92. The zero-order valence-electron chi connectivity index (χ0n) is 9.47. The van der Waals surface area contributed by atoms with Gasteiger partial charge in [-0.2, -0.15) is 13.2 Å². The third-order valence-electron chi connectivity index (χ3n) is 2.63. The van der Waals surface area contributed by atoms with Crippen LogP contribution in [0.15, 0.2) is 12.1 Å². The number of alkyl halides is 3. The van der Waals surface area contributed by atoms with E-state index in [0.29, 0.717) is 6.42 Å². The molecule has 1 aromatic carbocycles. The fourth-order valence-corrected chi connectivity index (χ4v) is 1.72. The Morgan fingerprint density at radius 1 is 1.44 bits per heavy atom. The number of halogens is 3. The standard InChI is InChI=1S/C11H11F3N2O2/c1-2-8-10(17)16-7-4-5(11(12,13)14)3-6(15)9(7)18-8/h3-4,8H,2,15H2,1H3,(H,16,17). The van der Waals surface area contributed by atoms with Gasteiger partial charge in [0.05, 0.1) is 16.9 Å². The third kappa shape index (κ3) is 2.07. The van der Waals surface area contributed by atoms with Gasteiger partial charge in [0, 0.05) is 0 Å². The average molecular weight is 260 g/mol. The molecule has 1 amide bonds. The molecule has 2 rings (SSSR count). The number of fused-ring (bicyclic) bond motifs is 1. The number of nitrogens with one attached hydrogen (secondary N) is 1. The predicted octanol–water partition coefficient (Wildman–Crippen LogP) is 2.40. The van der Waals surface area contributed by atoms with Gasteiger partial charge in [0.1, 0.15) is 0 Å². The Labute approximate surface area is 101 Å². The molecule has 1 aliphatic heterocycles. The molecule has 0 radical (unpaired) electrons. The molecule has 0 aromatic heterocycles. The van der Waals surface area contributed by atoms with Crippen molar-refractivity contribution >= 4 is 17.3 Å². The van der Waals surface area contributed by atoms with Crippen LogP contribution in [0.3, 0.4) is 0 Å². The molecule has 0 spiro atoms. The summed E-state index contributed by atoms with van der Waals surface area (Å²) in [6.45, 7) is 1.73. The normalized spacial score (nSPS) is 18.9. The third-order valence-corrected chi connectivity index (χ3v) is 2.63. The molecular formula is C11H11F3N2O2. The van der Waals surface area contributed by atoms with Gasteiger partial charge >= 0.3 is 6.18 Å². The molecule has 0 saturated carbocycles. The van der Waals surface area contributed by atoms with Crippen molar-refractivity contribution in [3.8, 4) is 5.75 Å². The Morgan fingerprint density at radius 3 is 2.67 bits per heavy atom. The fraction of sp³-hybridized carbons (Fsp3) is 0.364. The summed E-state index contributed by atoms with van der Waals surface area (Å²) in [6.07, 6.45) is -4.84. The van der Waals surface area contributed by atoms with Crippen molar-refractivity contribution < 1.29 is 22.7 Å². The van der Waals surface area contributed by atoms with Crippen molar-refractivity contribution in [1.29, 1.82) is 0 Å². The van der Waals surface area contributed by atoms with Crippen LogP contribution < -0.4 is 15.8 Å². The Kier molecular flexibility index (Phi) is 2.84. The van der Waals surface area contributed by atoms with E-state index in [2.05, 4.69) is 5.32 Å². The van der Waals surface area contributed by atoms with Crippen LogP contribution in [0.1, 0.15) is 18.9 Å². The lowest BCUT2D eigenvalue weighted by atomic mass is 10.1. The van der Waals surface area contributed by atoms with E-state index >= 15 is 0 Å². The van der Waals surface area contributed by atoms with Gasteiger partial charge < -0.3 is 15.8 Å². The lowest BCUT2D eigenvalue weighted by Gasteiger charge is -2.26. The molecule has 98 valence electrons. The number of ether oxygens (including phenoxy) is 1. The summed E-state index contributed by atoms with van der Waals surface area (Å²) in [5.74, 6) is -0.377. The van der Waals surface area contributed by atoms with Crippen molar-refractivity contribution in [2.45, 2.75) is 25.6 Å². The number of nitrogen functional groups attached to an aromatic ring is 1. The predicted molar refractivity (Wildman–Crippen MR) is 59.2 cm³/mol. The van der Waals surface area contributed by atoms with Gasteiger partial charge in [-0.05, 0) is 18.6 Å². The smallest absolute Gasteiger partial charge is 0.416 e. The van der Waals surface area contributed by atoms with E-state index in [-0.39, 0.29) is 17.1 Å². The minimum atomic E-state index is -4.52. The number of anilines is 2. The van der Waals surface area contributed by atoms with E-state index in [4.69, 9.17) is 10.5 Å². The van der Waals surface area contributed by atoms with Crippen LogP contribution in [0.2, 0.25) is 0 Å². The van der Waals surface area contributed by atoms with Crippen LogP contribution in [0.4, 0.5) is 24.5 Å². The largest absolute Gasteiger partial charge is 0.476 e. The first-order chi connectivity index (χ1) is 8.32. The van der Waals surface area contributed by atoms with E-state index in [9.17, 15) is 18.0 Å². The van der Waals surface area contributed by atoms with Crippen LogP contribution in [-0.4, -0.2) is 12.0 Å². The minimum absolute atomic E-state index is 0.0444. The molecule has 0 aliphatic carbocycles. The van der Waals surface area contributed by atoms with Gasteiger partial charge in [0.15, 0.2) is 11.9 Å². The second kappa shape index (κ2) is 4.08. The summed E-state index contributed by atoms with van der Waals surface area (Å²) in [5, 5.41) is 2.37. The molecule has 0 fully saturated rings. The zero-order chi connectivity index (χ0) is 13.5. The van der Waals surface area contributed by atoms with Gasteiger partial charge in [0.2, 0.25) is 0 Å². The molecular weight excluding hydrogens is 249 g/mol.